The van der Waals surface area contributed by atoms with E-state index in [2.05, 4.69) is 15.9 Å². The minimum Gasteiger partial charge on any atom is -0.462 e. The monoisotopic (exact) mass is 351 g/mol. The van der Waals surface area contributed by atoms with Crippen molar-refractivity contribution >= 4 is 27.8 Å². The van der Waals surface area contributed by atoms with Crippen LogP contribution < -0.4 is 0 Å². The summed E-state index contributed by atoms with van der Waals surface area (Å²) in [6, 6.07) is 7.29. The molecule has 0 bridgehead atoms. The molecule has 1 saturated carbocycles. The van der Waals surface area contributed by atoms with Gasteiger partial charge in [-0.1, -0.05) is 35.2 Å². The number of nitrogens with zero attached hydrogens (tertiary/aromatic N) is 1. The van der Waals surface area contributed by atoms with Gasteiger partial charge in [-0.15, -0.1) is 0 Å². The number of amides is 1. The van der Waals surface area contributed by atoms with Crippen molar-refractivity contribution in [3.8, 4) is 0 Å². The van der Waals surface area contributed by atoms with Crippen LogP contribution in [-0.4, -0.2) is 35.5 Å². The second-order valence-corrected chi connectivity index (χ2v) is 6.61. The van der Waals surface area contributed by atoms with Crippen LogP contribution in [0.2, 0.25) is 0 Å². The number of carbonyl (C=O) groups is 2. The van der Waals surface area contributed by atoms with E-state index < -0.39 is 5.54 Å². The second-order valence-electron chi connectivity index (χ2n) is 5.69. The predicted octanol–water partition coefficient (Wildman–Crippen LogP) is 3.15. The summed E-state index contributed by atoms with van der Waals surface area (Å²) in [6.07, 6.45) is 4.50. The topological polar surface area (TPSA) is 46.6 Å². The van der Waals surface area contributed by atoms with E-state index in [1.807, 2.05) is 12.1 Å². The van der Waals surface area contributed by atoms with E-state index in [9.17, 15) is 9.59 Å². The normalized spacial score (nSPS) is 21.2. The lowest BCUT2D eigenvalue weighted by Gasteiger charge is -2.47. The fourth-order valence-electron chi connectivity index (χ4n) is 3.34. The van der Waals surface area contributed by atoms with Crippen LogP contribution in [0.15, 0.2) is 28.7 Å². The average Bonchev–Trinajstić information content (AvgIpc) is 2.51. The summed E-state index contributed by atoms with van der Waals surface area (Å²) in [5, 5.41) is 0. The van der Waals surface area contributed by atoms with E-state index in [0.29, 0.717) is 31.6 Å². The van der Waals surface area contributed by atoms with Crippen molar-refractivity contribution < 1.29 is 14.3 Å². The number of halogens is 1. The number of ether oxygens (including phenoxy) is 1. The lowest BCUT2D eigenvalue weighted by atomic mass is 9.79. The third kappa shape index (κ3) is 2.59. The average molecular weight is 352 g/mol. The molecule has 2 fully saturated rings. The maximum absolute atomic E-state index is 12.8. The van der Waals surface area contributed by atoms with Gasteiger partial charge in [0.25, 0.3) is 5.91 Å². The molecule has 0 atom stereocenters. The van der Waals surface area contributed by atoms with E-state index >= 15 is 0 Å². The highest BCUT2D eigenvalue weighted by atomic mass is 79.9. The van der Waals surface area contributed by atoms with E-state index in [4.69, 9.17) is 4.74 Å². The fraction of sp³-hybridized carbons (Fsp3) is 0.500. The molecule has 1 aromatic rings. The summed E-state index contributed by atoms with van der Waals surface area (Å²) in [4.78, 5) is 26.9. The Morgan fingerprint density at radius 2 is 1.81 bits per heavy atom. The molecule has 2 aliphatic rings. The van der Waals surface area contributed by atoms with Crippen LogP contribution in [0.3, 0.4) is 0 Å². The highest BCUT2D eigenvalue weighted by Gasteiger charge is 2.50. The number of rotatable bonds is 1. The molecule has 1 aliphatic heterocycles. The Morgan fingerprint density at radius 3 is 2.48 bits per heavy atom. The van der Waals surface area contributed by atoms with Crippen molar-refractivity contribution in [2.24, 2.45) is 0 Å². The molecule has 0 unspecified atom stereocenters. The largest absolute Gasteiger partial charge is 0.462 e. The standard InChI is InChI=1S/C16H18BrNO3/c17-13-6-4-12(5-7-13)14(19)18-10-11-21-15(20)16(18)8-2-1-3-9-16/h4-7H,1-3,8-11H2. The zero-order valence-corrected chi connectivity index (χ0v) is 13.4. The first-order valence-corrected chi connectivity index (χ1v) is 8.17. The summed E-state index contributed by atoms with van der Waals surface area (Å²) >= 11 is 3.37. The number of carbonyl (C=O) groups excluding carboxylic acids is 2. The Morgan fingerprint density at radius 1 is 1.14 bits per heavy atom. The first-order chi connectivity index (χ1) is 10.1. The number of benzene rings is 1. The Hall–Kier alpha value is -1.36. The van der Waals surface area contributed by atoms with E-state index in [1.54, 1.807) is 17.0 Å². The van der Waals surface area contributed by atoms with Gasteiger partial charge in [-0.25, -0.2) is 4.79 Å². The van der Waals surface area contributed by atoms with Crippen molar-refractivity contribution in [3.63, 3.8) is 0 Å². The summed E-state index contributed by atoms with van der Waals surface area (Å²) in [7, 11) is 0. The van der Waals surface area contributed by atoms with E-state index in [0.717, 1.165) is 23.7 Å². The lowest BCUT2D eigenvalue weighted by Crippen LogP contribution is -2.62. The summed E-state index contributed by atoms with van der Waals surface area (Å²) in [5.74, 6) is -0.292. The molecule has 1 saturated heterocycles. The van der Waals surface area contributed by atoms with Gasteiger partial charge in [0.1, 0.15) is 12.1 Å². The Labute approximate surface area is 132 Å². The first-order valence-electron chi connectivity index (χ1n) is 7.38. The van der Waals surface area contributed by atoms with Crippen molar-refractivity contribution in [2.75, 3.05) is 13.2 Å². The number of esters is 1. The smallest absolute Gasteiger partial charge is 0.332 e. The molecule has 4 nitrogen and oxygen atoms in total. The molecule has 1 amide bonds. The van der Waals surface area contributed by atoms with Crippen molar-refractivity contribution in [2.45, 2.75) is 37.6 Å². The molecule has 3 rings (SSSR count). The quantitative estimate of drug-likeness (QED) is 0.730. The number of hydrogen-bond donors (Lipinski definition) is 0. The Balaban J connectivity index is 1.92. The van der Waals surface area contributed by atoms with Crippen LogP contribution in [-0.2, 0) is 9.53 Å². The van der Waals surface area contributed by atoms with E-state index in [1.165, 1.54) is 0 Å². The molecule has 1 heterocycles. The first kappa shape index (κ1) is 14.6. The van der Waals surface area contributed by atoms with Crippen molar-refractivity contribution in [1.82, 2.24) is 4.90 Å². The van der Waals surface area contributed by atoms with Crippen molar-refractivity contribution in [1.29, 1.82) is 0 Å². The van der Waals surface area contributed by atoms with Gasteiger partial charge in [0.05, 0.1) is 6.54 Å². The lowest BCUT2D eigenvalue weighted by molar-refractivity contribution is -0.168. The molecule has 0 radical (unpaired) electrons. The number of hydrogen-bond acceptors (Lipinski definition) is 3. The Bertz CT molecular complexity index is 549. The summed E-state index contributed by atoms with van der Waals surface area (Å²) < 4.78 is 6.20. The second kappa shape index (κ2) is 5.79. The highest BCUT2D eigenvalue weighted by Crippen LogP contribution is 2.37. The van der Waals surface area contributed by atoms with Crippen LogP contribution in [0, 0.1) is 0 Å². The van der Waals surface area contributed by atoms with Gasteiger partial charge in [0.2, 0.25) is 0 Å². The van der Waals surface area contributed by atoms with Gasteiger partial charge in [0.15, 0.2) is 0 Å². The molecule has 5 heteroatoms. The molecule has 112 valence electrons. The van der Waals surface area contributed by atoms with Crippen molar-refractivity contribution in [3.05, 3.63) is 34.3 Å². The Kier molecular flexibility index (Phi) is 4.02. The van der Waals surface area contributed by atoms with Gasteiger partial charge in [-0.2, -0.15) is 0 Å². The van der Waals surface area contributed by atoms with E-state index in [-0.39, 0.29) is 11.9 Å². The molecule has 0 aromatic heterocycles. The van der Waals surface area contributed by atoms with Gasteiger partial charge in [-0.05, 0) is 37.1 Å². The zero-order valence-electron chi connectivity index (χ0n) is 11.8. The zero-order chi connectivity index (χ0) is 14.9. The summed E-state index contributed by atoms with van der Waals surface area (Å²) in [5.41, 5.74) is -0.112. The highest BCUT2D eigenvalue weighted by molar-refractivity contribution is 9.10. The third-order valence-electron chi connectivity index (χ3n) is 4.46. The van der Waals surface area contributed by atoms with Crippen LogP contribution >= 0.6 is 15.9 Å². The van der Waals surface area contributed by atoms with Gasteiger partial charge in [0, 0.05) is 10.0 Å². The van der Waals surface area contributed by atoms with Crippen LogP contribution in [0.5, 0.6) is 0 Å². The molecule has 21 heavy (non-hydrogen) atoms. The third-order valence-corrected chi connectivity index (χ3v) is 4.99. The fourth-order valence-corrected chi connectivity index (χ4v) is 3.61. The molecule has 1 spiro atoms. The molecular weight excluding hydrogens is 334 g/mol. The van der Waals surface area contributed by atoms with Gasteiger partial charge < -0.3 is 9.64 Å². The predicted molar refractivity (Wildman–Crippen MR) is 82.0 cm³/mol. The number of morpholine rings is 1. The van der Waals surface area contributed by atoms with Crippen LogP contribution in [0.1, 0.15) is 42.5 Å². The summed E-state index contributed by atoms with van der Waals surface area (Å²) in [6.45, 7) is 0.781. The maximum atomic E-state index is 12.8. The minimum absolute atomic E-state index is 0.0685. The number of cyclic esters (lactones) is 1. The van der Waals surface area contributed by atoms with Gasteiger partial charge >= 0.3 is 5.97 Å². The molecule has 1 aliphatic carbocycles. The van der Waals surface area contributed by atoms with Crippen LogP contribution in [0.4, 0.5) is 0 Å². The molecular formula is C16H18BrNO3. The van der Waals surface area contributed by atoms with Crippen LogP contribution in [0.25, 0.3) is 0 Å². The van der Waals surface area contributed by atoms with Gasteiger partial charge in [-0.3, -0.25) is 4.79 Å². The minimum atomic E-state index is -0.735. The SMILES string of the molecule is O=C(c1ccc(Br)cc1)N1CCOC(=O)C12CCCCC2. The molecule has 1 aromatic carbocycles. The maximum Gasteiger partial charge on any atom is 0.332 e. The molecule has 0 N–H and O–H groups in total.